The van der Waals surface area contributed by atoms with E-state index in [9.17, 15) is 45.3 Å². The quantitative estimate of drug-likeness (QED) is 0.110. The third-order valence-corrected chi connectivity index (χ3v) is 7.19. The Labute approximate surface area is 251 Å². The highest BCUT2D eigenvalue weighted by atomic mass is 16.7. The average molecular weight is 625 g/mol. The first kappa shape index (κ1) is 33.8. The van der Waals surface area contributed by atoms with Crippen LogP contribution in [0.1, 0.15) is 20.7 Å². The third-order valence-electron chi connectivity index (χ3n) is 7.19. The standard InChI is InChI=1S/C29H36O15/c30-9-15-1-5-17(6-2-15)39-13-19(14-40-18-7-3-16(10-31)4-8-18)41-28-26(38)24(36)27(21(12-33)43-28)44-29-25(37)23(35)22(34)20(11-32)42-29/h1-10,19-29,32-38H,11-14H2/t20-,21-,22-,23+,24-,25-,26-,27-,28+,29-/m1/s1. The van der Waals surface area contributed by atoms with Gasteiger partial charge in [0.2, 0.25) is 0 Å². The smallest absolute Gasteiger partial charge is 0.187 e. The Morgan fingerprint density at radius 2 is 1.11 bits per heavy atom. The Balaban J connectivity index is 1.45. The SMILES string of the molecule is O=Cc1ccc(OCC(COc2ccc(C=O)cc2)O[C@H]2O[C@H](CO)[C@@H](O[C@H]3O[C@H](CO)[C@@H](O)[C@H](O)[C@H]3O)[C@H](O)[C@H]2O)cc1. The van der Waals surface area contributed by atoms with Gasteiger partial charge in [-0.3, -0.25) is 9.59 Å². The van der Waals surface area contributed by atoms with Gasteiger partial charge < -0.3 is 64.2 Å². The van der Waals surface area contributed by atoms with Crippen LogP contribution in [0, 0.1) is 0 Å². The summed E-state index contributed by atoms with van der Waals surface area (Å²) in [6.45, 7) is -1.76. The fourth-order valence-corrected chi connectivity index (χ4v) is 4.65. The van der Waals surface area contributed by atoms with Gasteiger partial charge in [0.1, 0.15) is 92.2 Å². The molecule has 0 saturated carbocycles. The summed E-state index contributed by atoms with van der Waals surface area (Å²) < 4.78 is 34.1. The largest absolute Gasteiger partial charge is 0.491 e. The van der Waals surface area contributed by atoms with Crippen LogP contribution in [0.5, 0.6) is 11.5 Å². The molecule has 242 valence electrons. The van der Waals surface area contributed by atoms with E-state index < -0.39 is 80.7 Å². The summed E-state index contributed by atoms with van der Waals surface area (Å²) in [6, 6.07) is 12.5. The van der Waals surface area contributed by atoms with Gasteiger partial charge >= 0.3 is 0 Å². The Bertz CT molecular complexity index is 1120. The van der Waals surface area contributed by atoms with E-state index in [-0.39, 0.29) is 13.2 Å². The van der Waals surface area contributed by atoms with E-state index in [2.05, 4.69) is 0 Å². The second-order valence-corrected chi connectivity index (χ2v) is 10.3. The summed E-state index contributed by atoms with van der Waals surface area (Å²) >= 11 is 0. The highest BCUT2D eigenvalue weighted by Gasteiger charge is 2.51. The maximum absolute atomic E-state index is 10.9. The fourth-order valence-electron chi connectivity index (χ4n) is 4.65. The second-order valence-electron chi connectivity index (χ2n) is 10.3. The number of carbonyl (C=O) groups excluding carboxylic acids is 2. The van der Waals surface area contributed by atoms with Gasteiger partial charge in [0.15, 0.2) is 12.6 Å². The van der Waals surface area contributed by atoms with Crippen molar-refractivity contribution < 1.29 is 73.8 Å². The van der Waals surface area contributed by atoms with Gasteiger partial charge in [0, 0.05) is 11.1 Å². The molecule has 44 heavy (non-hydrogen) atoms. The molecule has 7 N–H and O–H groups in total. The number of rotatable bonds is 14. The number of hydrogen-bond donors (Lipinski definition) is 7. The molecule has 10 atom stereocenters. The molecule has 0 aromatic heterocycles. The van der Waals surface area contributed by atoms with Crippen molar-refractivity contribution in [2.75, 3.05) is 26.4 Å². The molecule has 15 nitrogen and oxygen atoms in total. The second kappa shape index (κ2) is 15.8. The lowest BCUT2D eigenvalue weighted by Crippen LogP contribution is -2.65. The highest BCUT2D eigenvalue weighted by Crippen LogP contribution is 2.30. The summed E-state index contributed by atoms with van der Waals surface area (Å²) in [6.07, 6.45) is -15.7. The molecular weight excluding hydrogens is 588 g/mol. The zero-order chi connectivity index (χ0) is 31.8. The average Bonchev–Trinajstić information content (AvgIpc) is 3.05. The zero-order valence-electron chi connectivity index (χ0n) is 23.3. The van der Waals surface area contributed by atoms with E-state index in [1.54, 1.807) is 48.5 Å². The lowest BCUT2D eigenvalue weighted by molar-refractivity contribution is -0.363. The molecule has 2 aromatic rings. The van der Waals surface area contributed by atoms with Gasteiger partial charge in [0.05, 0.1) is 13.2 Å². The molecule has 0 amide bonds. The molecule has 0 spiro atoms. The van der Waals surface area contributed by atoms with Crippen LogP contribution in [-0.4, -0.2) is 142 Å². The number of ether oxygens (including phenoxy) is 6. The first-order valence-electron chi connectivity index (χ1n) is 13.8. The Kier molecular flexibility index (Phi) is 12.1. The van der Waals surface area contributed by atoms with Crippen molar-refractivity contribution in [2.45, 2.75) is 67.5 Å². The summed E-state index contributed by atoms with van der Waals surface area (Å²) in [7, 11) is 0. The van der Waals surface area contributed by atoms with Crippen LogP contribution in [-0.2, 0) is 18.9 Å². The number of benzene rings is 2. The number of hydrogen-bond acceptors (Lipinski definition) is 15. The predicted octanol–water partition coefficient (Wildman–Crippen LogP) is -2.22. The third kappa shape index (κ3) is 8.15. The van der Waals surface area contributed by atoms with E-state index in [1.165, 1.54) is 0 Å². The lowest BCUT2D eigenvalue weighted by Gasteiger charge is -2.46. The first-order chi connectivity index (χ1) is 21.2. The van der Waals surface area contributed by atoms with E-state index >= 15 is 0 Å². The predicted molar refractivity (Wildman–Crippen MR) is 146 cm³/mol. The van der Waals surface area contributed by atoms with E-state index in [1.807, 2.05) is 0 Å². The van der Waals surface area contributed by atoms with Gasteiger partial charge in [-0.1, -0.05) is 0 Å². The normalized spacial score (nSPS) is 32.3. The molecule has 0 bridgehead atoms. The van der Waals surface area contributed by atoms with Gasteiger partial charge in [0.25, 0.3) is 0 Å². The molecule has 0 unspecified atom stereocenters. The van der Waals surface area contributed by atoms with Crippen LogP contribution in [0.15, 0.2) is 48.5 Å². The van der Waals surface area contributed by atoms with Crippen LogP contribution >= 0.6 is 0 Å². The number of aliphatic hydroxyl groups excluding tert-OH is 7. The van der Waals surface area contributed by atoms with Crippen molar-refractivity contribution in [2.24, 2.45) is 0 Å². The lowest BCUT2D eigenvalue weighted by atomic mass is 9.97. The van der Waals surface area contributed by atoms with E-state index in [0.717, 1.165) is 0 Å². The summed E-state index contributed by atoms with van der Waals surface area (Å²) in [5.74, 6) is 0.789. The number of carbonyl (C=O) groups is 2. The Morgan fingerprint density at radius 3 is 1.59 bits per heavy atom. The number of aliphatic hydroxyl groups is 7. The van der Waals surface area contributed by atoms with Crippen LogP contribution in [0.3, 0.4) is 0 Å². The molecule has 2 heterocycles. The molecule has 0 aliphatic carbocycles. The highest BCUT2D eigenvalue weighted by molar-refractivity contribution is 5.75. The van der Waals surface area contributed by atoms with Gasteiger partial charge in [-0.15, -0.1) is 0 Å². The Hall–Kier alpha value is -3.06. The van der Waals surface area contributed by atoms with Crippen LogP contribution < -0.4 is 9.47 Å². The maximum Gasteiger partial charge on any atom is 0.187 e. The minimum absolute atomic E-state index is 0.149. The molecule has 15 heteroatoms. The molecule has 2 aliphatic heterocycles. The molecule has 0 radical (unpaired) electrons. The zero-order valence-corrected chi connectivity index (χ0v) is 23.3. The van der Waals surface area contributed by atoms with Crippen molar-refractivity contribution in [3.05, 3.63) is 59.7 Å². The van der Waals surface area contributed by atoms with Crippen LogP contribution in [0.2, 0.25) is 0 Å². The van der Waals surface area contributed by atoms with Gasteiger partial charge in [-0.25, -0.2) is 0 Å². The summed E-state index contributed by atoms with van der Waals surface area (Å²) in [4.78, 5) is 21.9. The first-order valence-corrected chi connectivity index (χ1v) is 13.8. The molecular formula is C29H36O15. The van der Waals surface area contributed by atoms with Crippen molar-refractivity contribution in [3.8, 4) is 11.5 Å². The molecule has 2 aromatic carbocycles. The summed E-state index contributed by atoms with van der Waals surface area (Å²) in [5.41, 5.74) is 0.881. The minimum atomic E-state index is -1.80. The molecule has 2 saturated heterocycles. The molecule has 2 aliphatic rings. The van der Waals surface area contributed by atoms with Crippen molar-refractivity contribution >= 4 is 12.6 Å². The molecule has 4 rings (SSSR count). The van der Waals surface area contributed by atoms with Crippen molar-refractivity contribution in [3.63, 3.8) is 0 Å². The van der Waals surface area contributed by atoms with Gasteiger partial charge in [-0.2, -0.15) is 0 Å². The van der Waals surface area contributed by atoms with Crippen molar-refractivity contribution in [1.82, 2.24) is 0 Å². The van der Waals surface area contributed by atoms with Crippen LogP contribution in [0.25, 0.3) is 0 Å². The van der Waals surface area contributed by atoms with E-state index in [0.29, 0.717) is 35.2 Å². The topological polar surface area (TPSA) is 231 Å². The fraction of sp³-hybridized carbons (Fsp3) is 0.517. The van der Waals surface area contributed by atoms with Gasteiger partial charge in [-0.05, 0) is 48.5 Å². The number of aldehydes is 2. The Morgan fingerprint density at radius 1 is 0.636 bits per heavy atom. The summed E-state index contributed by atoms with van der Waals surface area (Å²) in [5, 5.41) is 71.7. The van der Waals surface area contributed by atoms with Crippen LogP contribution in [0.4, 0.5) is 0 Å². The van der Waals surface area contributed by atoms with Crippen molar-refractivity contribution in [1.29, 1.82) is 0 Å². The monoisotopic (exact) mass is 624 g/mol. The van der Waals surface area contributed by atoms with E-state index in [4.69, 9.17) is 28.4 Å². The molecule has 2 fully saturated rings. The minimum Gasteiger partial charge on any atom is -0.491 e. The maximum atomic E-state index is 10.9.